The summed E-state index contributed by atoms with van der Waals surface area (Å²) in [6.45, 7) is 6.51. The molecule has 1 aromatic carbocycles. The minimum absolute atomic E-state index is 0.290. The van der Waals surface area contributed by atoms with E-state index in [0.29, 0.717) is 11.5 Å². The van der Waals surface area contributed by atoms with Gasteiger partial charge in [-0.1, -0.05) is 19.9 Å². The zero-order chi connectivity index (χ0) is 12.9. The van der Waals surface area contributed by atoms with Crippen molar-refractivity contribution in [3.8, 4) is 11.4 Å². The van der Waals surface area contributed by atoms with Crippen LogP contribution < -0.4 is 5.73 Å². The van der Waals surface area contributed by atoms with Crippen LogP contribution in [0.4, 0.5) is 5.69 Å². The molecule has 1 unspecified atom stereocenters. The zero-order valence-electron chi connectivity index (χ0n) is 10.9. The number of nitrogen functional groups attached to an aromatic ring is 1. The second kappa shape index (κ2) is 3.54. The van der Waals surface area contributed by atoms with Crippen LogP contribution in [0.1, 0.15) is 31.9 Å². The lowest BCUT2D eigenvalue weighted by molar-refractivity contribution is 0.497. The first-order valence-corrected chi connectivity index (χ1v) is 6.13. The maximum atomic E-state index is 5.85. The lowest BCUT2D eigenvalue weighted by Crippen LogP contribution is -2.05. The fourth-order valence-corrected chi connectivity index (χ4v) is 2.32. The third kappa shape index (κ3) is 1.66. The van der Waals surface area contributed by atoms with Crippen molar-refractivity contribution < 1.29 is 0 Å². The molecular weight excluding hydrogens is 226 g/mol. The van der Waals surface area contributed by atoms with Crippen LogP contribution in [0.25, 0.3) is 11.4 Å². The standard InChI is InChI=1S/C13H17N5/c1-8-4-5-9(14)6-10(8)12-15-16-17-18(12)11-7-13(11,2)3/h4-6,11H,7,14H2,1-3H3. The topological polar surface area (TPSA) is 69.6 Å². The predicted molar refractivity (Wildman–Crippen MR) is 69.8 cm³/mol. The summed E-state index contributed by atoms with van der Waals surface area (Å²) in [6, 6.07) is 6.23. The van der Waals surface area contributed by atoms with Gasteiger partial charge in [-0.15, -0.1) is 5.10 Å². The fraction of sp³-hybridized carbons (Fsp3) is 0.462. The molecule has 5 heteroatoms. The fourth-order valence-electron chi connectivity index (χ4n) is 2.32. The molecule has 94 valence electrons. The van der Waals surface area contributed by atoms with E-state index in [0.717, 1.165) is 29.1 Å². The van der Waals surface area contributed by atoms with E-state index >= 15 is 0 Å². The number of nitrogens with two attached hydrogens (primary N) is 1. The molecule has 1 aliphatic rings. The summed E-state index contributed by atoms with van der Waals surface area (Å²) in [4.78, 5) is 0. The Hall–Kier alpha value is -1.91. The number of tetrazole rings is 1. The lowest BCUT2D eigenvalue weighted by atomic mass is 10.1. The SMILES string of the molecule is Cc1ccc(N)cc1-c1nnnn1C1CC1(C)C. The van der Waals surface area contributed by atoms with Crippen molar-refractivity contribution in [3.63, 3.8) is 0 Å². The Morgan fingerprint density at radius 3 is 2.78 bits per heavy atom. The molecule has 2 N–H and O–H groups in total. The van der Waals surface area contributed by atoms with E-state index in [2.05, 4.69) is 29.4 Å². The largest absolute Gasteiger partial charge is 0.399 e. The highest BCUT2D eigenvalue weighted by Crippen LogP contribution is 2.55. The molecule has 0 radical (unpaired) electrons. The molecule has 0 amide bonds. The Labute approximate surface area is 106 Å². The van der Waals surface area contributed by atoms with E-state index in [9.17, 15) is 0 Å². The molecule has 1 atom stereocenters. The molecule has 18 heavy (non-hydrogen) atoms. The van der Waals surface area contributed by atoms with Crippen LogP contribution in [0.3, 0.4) is 0 Å². The van der Waals surface area contributed by atoms with Gasteiger partial charge in [0.25, 0.3) is 0 Å². The smallest absolute Gasteiger partial charge is 0.182 e. The minimum Gasteiger partial charge on any atom is -0.399 e. The van der Waals surface area contributed by atoms with Crippen molar-refractivity contribution in [1.29, 1.82) is 0 Å². The van der Waals surface area contributed by atoms with Gasteiger partial charge in [0.1, 0.15) is 0 Å². The van der Waals surface area contributed by atoms with E-state index < -0.39 is 0 Å². The predicted octanol–water partition coefficient (Wildman–Crippen LogP) is 2.20. The van der Waals surface area contributed by atoms with E-state index in [4.69, 9.17) is 5.73 Å². The molecule has 1 aliphatic carbocycles. The van der Waals surface area contributed by atoms with Gasteiger partial charge < -0.3 is 5.73 Å². The molecule has 1 heterocycles. The molecule has 1 saturated carbocycles. The number of benzene rings is 1. The van der Waals surface area contributed by atoms with Crippen LogP contribution in [0, 0.1) is 12.3 Å². The molecule has 0 spiro atoms. The van der Waals surface area contributed by atoms with Gasteiger partial charge in [0.05, 0.1) is 6.04 Å². The molecular formula is C13H17N5. The van der Waals surface area contributed by atoms with Gasteiger partial charge in [0, 0.05) is 11.3 Å². The van der Waals surface area contributed by atoms with Crippen molar-refractivity contribution in [1.82, 2.24) is 20.2 Å². The Balaban J connectivity index is 2.08. The summed E-state index contributed by atoms with van der Waals surface area (Å²) in [5.74, 6) is 0.815. The Kier molecular flexibility index (Phi) is 2.20. The Bertz CT molecular complexity index is 599. The highest BCUT2D eigenvalue weighted by Gasteiger charge is 2.49. The van der Waals surface area contributed by atoms with Gasteiger partial charge in [-0.3, -0.25) is 0 Å². The average Bonchev–Trinajstić information content (AvgIpc) is 2.77. The first-order chi connectivity index (χ1) is 8.49. The van der Waals surface area contributed by atoms with Crippen molar-refractivity contribution in [2.75, 3.05) is 5.73 Å². The number of rotatable bonds is 2. The van der Waals surface area contributed by atoms with Gasteiger partial charge >= 0.3 is 0 Å². The number of hydrogen-bond acceptors (Lipinski definition) is 4. The third-order valence-electron chi connectivity index (χ3n) is 3.75. The maximum absolute atomic E-state index is 5.85. The summed E-state index contributed by atoms with van der Waals surface area (Å²) in [7, 11) is 0. The van der Waals surface area contributed by atoms with Gasteiger partial charge in [-0.05, 0) is 46.9 Å². The summed E-state index contributed by atoms with van der Waals surface area (Å²) < 4.78 is 1.93. The van der Waals surface area contributed by atoms with E-state index in [1.165, 1.54) is 0 Å². The second-order valence-electron chi connectivity index (χ2n) is 5.73. The normalized spacial score (nSPS) is 20.9. The summed E-state index contributed by atoms with van der Waals surface area (Å²) in [5, 5.41) is 12.1. The summed E-state index contributed by atoms with van der Waals surface area (Å²) >= 11 is 0. The third-order valence-corrected chi connectivity index (χ3v) is 3.75. The van der Waals surface area contributed by atoms with Crippen LogP contribution >= 0.6 is 0 Å². The van der Waals surface area contributed by atoms with Gasteiger partial charge in [0.15, 0.2) is 5.82 Å². The summed E-state index contributed by atoms with van der Waals surface area (Å²) in [5.41, 5.74) is 9.03. The number of anilines is 1. The summed E-state index contributed by atoms with van der Waals surface area (Å²) in [6.07, 6.45) is 1.12. The Morgan fingerprint density at radius 1 is 1.39 bits per heavy atom. The number of aryl methyl sites for hydroxylation is 1. The van der Waals surface area contributed by atoms with Crippen molar-refractivity contribution in [2.45, 2.75) is 33.2 Å². The van der Waals surface area contributed by atoms with Crippen LogP contribution in [-0.2, 0) is 0 Å². The van der Waals surface area contributed by atoms with E-state index in [-0.39, 0.29) is 0 Å². The minimum atomic E-state index is 0.290. The first kappa shape index (κ1) is 11.2. The second-order valence-corrected chi connectivity index (χ2v) is 5.73. The van der Waals surface area contributed by atoms with Gasteiger partial charge in [0.2, 0.25) is 0 Å². The highest BCUT2D eigenvalue weighted by atomic mass is 15.6. The number of hydrogen-bond donors (Lipinski definition) is 1. The van der Waals surface area contributed by atoms with Crippen LogP contribution in [0.5, 0.6) is 0 Å². The number of nitrogens with zero attached hydrogens (tertiary/aromatic N) is 4. The molecule has 1 aromatic heterocycles. The van der Waals surface area contributed by atoms with Gasteiger partial charge in [-0.2, -0.15) is 0 Å². The quantitative estimate of drug-likeness (QED) is 0.821. The van der Waals surface area contributed by atoms with E-state index in [1.807, 2.05) is 29.8 Å². The van der Waals surface area contributed by atoms with Crippen molar-refractivity contribution >= 4 is 5.69 Å². The lowest BCUT2D eigenvalue weighted by Gasteiger charge is -2.09. The maximum Gasteiger partial charge on any atom is 0.182 e. The van der Waals surface area contributed by atoms with Crippen molar-refractivity contribution in [3.05, 3.63) is 23.8 Å². The van der Waals surface area contributed by atoms with Crippen LogP contribution in [-0.4, -0.2) is 20.2 Å². The molecule has 0 saturated heterocycles. The van der Waals surface area contributed by atoms with E-state index in [1.54, 1.807) is 0 Å². The average molecular weight is 243 g/mol. The molecule has 0 bridgehead atoms. The van der Waals surface area contributed by atoms with Gasteiger partial charge in [-0.25, -0.2) is 4.68 Å². The molecule has 5 nitrogen and oxygen atoms in total. The molecule has 3 rings (SSSR count). The zero-order valence-corrected chi connectivity index (χ0v) is 10.9. The first-order valence-electron chi connectivity index (χ1n) is 6.13. The van der Waals surface area contributed by atoms with Crippen LogP contribution in [0.2, 0.25) is 0 Å². The molecule has 2 aromatic rings. The van der Waals surface area contributed by atoms with Crippen molar-refractivity contribution in [2.24, 2.45) is 5.41 Å². The van der Waals surface area contributed by atoms with Crippen LogP contribution in [0.15, 0.2) is 18.2 Å². The molecule has 0 aliphatic heterocycles. The Morgan fingerprint density at radius 2 is 2.11 bits per heavy atom. The monoisotopic (exact) mass is 243 g/mol. The highest BCUT2D eigenvalue weighted by molar-refractivity contribution is 5.65. The number of aromatic nitrogens is 4. The molecule has 1 fully saturated rings.